The Morgan fingerprint density at radius 2 is 1.97 bits per heavy atom. The third-order valence-corrected chi connectivity index (χ3v) is 7.63. The van der Waals surface area contributed by atoms with Gasteiger partial charge in [0.2, 0.25) is 5.91 Å². The Kier molecular flexibility index (Phi) is 5.69. The van der Waals surface area contributed by atoms with Crippen molar-refractivity contribution >= 4 is 27.5 Å². The maximum Gasteiger partial charge on any atom is 0.217 e. The molecule has 2 aromatic heterocycles. The average Bonchev–Trinajstić information content (AvgIpc) is 3.29. The van der Waals surface area contributed by atoms with Crippen molar-refractivity contribution in [1.29, 1.82) is 0 Å². The topological polar surface area (TPSA) is 77.2 Å². The first kappa shape index (κ1) is 20.5. The Balaban J connectivity index is 1.20. The summed E-state index contributed by atoms with van der Waals surface area (Å²) in [6.07, 6.45) is 6.99. The van der Waals surface area contributed by atoms with Crippen molar-refractivity contribution in [2.75, 3.05) is 6.61 Å². The molecule has 7 heteroatoms. The van der Waals surface area contributed by atoms with Gasteiger partial charge in [0.15, 0.2) is 5.76 Å². The molecule has 164 valence electrons. The maximum absolute atomic E-state index is 11.3. The van der Waals surface area contributed by atoms with E-state index < -0.39 is 0 Å². The molecule has 1 N–H and O–H groups in total. The van der Waals surface area contributed by atoms with Crippen LogP contribution >= 0.6 is 11.3 Å². The third kappa shape index (κ3) is 4.76. The summed E-state index contributed by atoms with van der Waals surface area (Å²) < 4.78 is 12.7. The molecule has 5 rings (SSSR count). The molecule has 1 aromatic carbocycles. The van der Waals surface area contributed by atoms with Crippen molar-refractivity contribution in [1.82, 2.24) is 15.5 Å². The fraction of sp³-hybridized carbons (Fsp3) is 0.542. The number of hydrogen-bond donors (Lipinski definition) is 1. The molecule has 2 aliphatic carbocycles. The predicted octanol–water partition coefficient (Wildman–Crippen LogP) is 5.71. The summed E-state index contributed by atoms with van der Waals surface area (Å²) in [5, 5.41) is 8.38. The molecule has 0 aliphatic heterocycles. The Morgan fingerprint density at radius 3 is 2.71 bits per heavy atom. The van der Waals surface area contributed by atoms with Crippen LogP contribution in [0.15, 0.2) is 28.8 Å². The summed E-state index contributed by atoms with van der Waals surface area (Å²) in [5.74, 6) is 3.30. The third-order valence-electron chi connectivity index (χ3n) is 6.45. The lowest BCUT2D eigenvalue weighted by Gasteiger charge is -2.25. The lowest BCUT2D eigenvalue weighted by Crippen LogP contribution is -2.23. The molecular weight excluding hydrogens is 410 g/mol. The van der Waals surface area contributed by atoms with Crippen LogP contribution in [0.5, 0.6) is 5.75 Å². The van der Waals surface area contributed by atoms with Crippen LogP contribution in [-0.2, 0) is 4.79 Å². The molecule has 1 amide bonds. The zero-order valence-corrected chi connectivity index (χ0v) is 18.9. The maximum atomic E-state index is 11.3. The minimum absolute atomic E-state index is 0.0663. The largest absolute Gasteiger partial charge is 0.493 e. The number of fused-ring (bicyclic) bond motifs is 1. The van der Waals surface area contributed by atoms with Gasteiger partial charge in [0, 0.05) is 24.8 Å². The second kappa shape index (κ2) is 8.61. The number of ether oxygens (including phenoxy) is 1. The molecule has 0 radical (unpaired) electrons. The van der Waals surface area contributed by atoms with Crippen LogP contribution in [0.2, 0.25) is 0 Å². The van der Waals surface area contributed by atoms with E-state index in [1.807, 2.05) is 24.3 Å². The first-order valence-corrected chi connectivity index (χ1v) is 12.1. The Bertz CT molecular complexity index is 1060. The van der Waals surface area contributed by atoms with Crippen LogP contribution in [-0.4, -0.2) is 22.7 Å². The minimum atomic E-state index is -0.156. The summed E-state index contributed by atoms with van der Waals surface area (Å²) in [6, 6.07) is 8.14. The number of rotatable bonds is 7. The van der Waals surface area contributed by atoms with E-state index in [9.17, 15) is 4.79 Å². The number of carbonyl (C=O) groups excluding carboxylic acids is 1. The molecule has 6 nitrogen and oxygen atoms in total. The van der Waals surface area contributed by atoms with Gasteiger partial charge in [0.1, 0.15) is 5.75 Å². The summed E-state index contributed by atoms with van der Waals surface area (Å²) in [6.45, 7) is 4.27. The SMILES string of the molecule is CC(=O)N[C@@H](C)c1cc(C2CCC(c3nc4ccc(OCC5CC5)cc4s3)CC2)no1. The van der Waals surface area contributed by atoms with E-state index >= 15 is 0 Å². The van der Waals surface area contributed by atoms with Gasteiger partial charge in [-0.25, -0.2) is 4.98 Å². The molecule has 0 saturated heterocycles. The van der Waals surface area contributed by atoms with Gasteiger partial charge in [-0.2, -0.15) is 0 Å². The summed E-state index contributed by atoms with van der Waals surface area (Å²) in [7, 11) is 0. The van der Waals surface area contributed by atoms with Crippen molar-refractivity contribution < 1.29 is 14.1 Å². The van der Waals surface area contributed by atoms with Crippen molar-refractivity contribution in [3.63, 3.8) is 0 Å². The summed E-state index contributed by atoms with van der Waals surface area (Å²) >= 11 is 1.81. The molecule has 1 atom stereocenters. The van der Waals surface area contributed by atoms with Gasteiger partial charge < -0.3 is 14.6 Å². The fourth-order valence-corrected chi connectivity index (χ4v) is 5.56. The molecule has 0 spiro atoms. The number of amides is 1. The Labute approximate surface area is 186 Å². The lowest BCUT2D eigenvalue weighted by atomic mass is 9.80. The highest BCUT2D eigenvalue weighted by molar-refractivity contribution is 7.18. The van der Waals surface area contributed by atoms with Crippen LogP contribution in [0.25, 0.3) is 10.2 Å². The number of thiazole rings is 1. The smallest absolute Gasteiger partial charge is 0.217 e. The highest BCUT2D eigenvalue weighted by Crippen LogP contribution is 2.43. The number of aromatic nitrogens is 2. The van der Waals surface area contributed by atoms with Gasteiger partial charge in [-0.15, -0.1) is 11.3 Å². The normalized spacial score (nSPS) is 22.4. The molecule has 3 aromatic rings. The van der Waals surface area contributed by atoms with Crippen molar-refractivity contribution in [2.45, 2.75) is 70.3 Å². The van der Waals surface area contributed by atoms with Gasteiger partial charge in [-0.3, -0.25) is 4.79 Å². The van der Waals surface area contributed by atoms with Crippen LogP contribution in [0.4, 0.5) is 0 Å². The van der Waals surface area contributed by atoms with Gasteiger partial charge in [-0.05, 0) is 69.6 Å². The first-order chi connectivity index (χ1) is 15.0. The van der Waals surface area contributed by atoms with Crippen LogP contribution in [0, 0.1) is 5.92 Å². The first-order valence-electron chi connectivity index (χ1n) is 11.3. The van der Waals surface area contributed by atoms with Crippen LogP contribution in [0.1, 0.15) is 86.7 Å². The van der Waals surface area contributed by atoms with Crippen LogP contribution < -0.4 is 10.1 Å². The quantitative estimate of drug-likeness (QED) is 0.510. The van der Waals surface area contributed by atoms with E-state index in [0.29, 0.717) is 11.8 Å². The van der Waals surface area contributed by atoms with Crippen molar-refractivity contribution in [2.24, 2.45) is 5.92 Å². The molecule has 0 bridgehead atoms. The van der Waals surface area contributed by atoms with Gasteiger partial charge in [0.25, 0.3) is 0 Å². The highest BCUT2D eigenvalue weighted by Gasteiger charge is 2.28. The second-order valence-corrected chi connectivity index (χ2v) is 10.1. The van der Waals surface area contributed by atoms with E-state index in [1.165, 1.54) is 29.5 Å². The van der Waals surface area contributed by atoms with Gasteiger partial charge in [-0.1, -0.05) is 5.16 Å². The van der Waals surface area contributed by atoms with E-state index in [2.05, 4.69) is 28.7 Å². The zero-order valence-electron chi connectivity index (χ0n) is 18.1. The lowest BCUT2D eigenvalue weighted by molar-refractivity contribution is -0.119. The number of nitrogens with zero attached hydrogens (tertiary/aromatic N) is 2. The van der Waals surface area contributed by atoms with E-state index in [0.717, 1.165) is 60.9 Å². The van der Waals surface area contributed by atoms with Gasteiger partial charge in [0.05, 0.1) is 33.6 Å². The van der Waals surface area contributed by atoms with Crippen molar-refractivity contribution in [3.8, 4) is 5.75 Å². The van der Waals surface area contributed by atoms with Crippen molar-refractivity contribution in [3.05, 3.63) is 40.7 Å². The number of benzene rings is 1. The highest BCUT2D eigenvalue weighted by atomic mass is 32.1. The number of carbonyl (C=O) groups is 1. The molecule has 2 fully saturated rings. The number of hydrogen-bond acceptors (Lipinski definition) is 6. The molecule has 31 heavy (non-hydrogen) atoms. The minimum Gasteiger partial charge on any atom is -0.493 e. The molecule has 2 aliphatic rings. The molecule has 0 unspecified atom stereocenters. The standard InChI is InChI=1S/C24H29N3O3S/c1-14(25-15(2)28)22-12-21(27-30-22)17-5-7-18(8-6-17)24-26-20-10-9-19(11-23(20)31-24)29-13-16-3-4-16/h9-12,14,16-18H,3-8,13H2,1-2H3,(H,25,28)/t14-,17?,18?/m0/s1. The van der Waals surface area contributed by atoms with Gasteiger partial charge >= 0.3 is 0 Å². The van der Waals surface area contributed by atoms with E-state index in [1.54, 1.807) is 0 Å². The van der Waals surface area contributed by atoms with E-state index in [-0.39, 0.29) is 11.9 Å². The summed E-state index contributed by atoms with van der Waals surface area (Å²) in [5.41, 5.74) is 2.08. The Hall–Kier alpha value is -2.41. The monoisotopic (exact) mass is 439 g/mol. The molecule has 2 heterocycles. The van der Waals surface area contributed by atoms with Crippen LogP contribution in [0.3, 0.4) is 0 Å². The zero-order chi connectivity index (χ0) is 21.4. The van der Waals surface area contributed by atoms with E-state index in [4.69, 9.17) is 14.2 Å². The summed E-state index contributed by atoms with van der Waals surface area (Å²) in [4.78, 5) is 16.2. The molecular formula is C24H29N3O3S. The fourth-order valence-electron chi connectivity index (χ4n) is 4.40. The molecule has 2 saturated carbocycles. The second-order valence-electron chi connectivity index (χ2n) is 9.06. The predicted molar refractivity (Wildman–Crippen MR) is 121 cm³/mol. The number of nitrogens with one attached hydrogen (secondary N) is 1. The Morgan fingerprint density at radius 1 is 1.19 bits per heavy atom. The average molecular weight is 440 g/mol.